The van der Waals surface area contributed by atoms with E-state index in [-0.39, 0.29) is 5.91 Å². The second kappa shape index (κ2) is 10.6. The number of halogens is 1. The van der Waals surface area contributed by atoms with Crippen molar-refractivity contribution >= 4 is 44.2 Å². The molecule has 1 aliphatic rings. The Kier molecular flexibility index (Phi) is 7.77. The second-order valence-electron chi connectivity index (χ2n) is 9.20. The fourth-order valence-electron chi connectivity index (χ4n) is 4.09. The molecule has 1 saturated heterocycles. The van der Waals surface area contributed by atoms with Gasteiger partial charge in [-0.1, -0.05) is 35.1 Å². The molecule has 1 aromatic heterocycles. The highest BCUT2D eigenvalue weighted by Crippen LogP contribution is 2.34. The first kappa shape index (κ1) is 24.9. The topological polar surface area (TPSA) is 54.9 Å². The van der Waals surface area contributed by atoms with Crippen molar-refractivity contribution in [3.05, 3.63) is 52.5 Å². The third-order valence-corrected chi connectivity index (χ3v) is 7.53. The summed E-state index contributed by atoms with van der Waals surface area (Å²) >= 11 is 7.58. The fourth-order valence-corrected chi connectivity index (χ4v) is 5.35. The van der Waals surface area contributed by atoms with Gasteiger partial charge in [0.25, 0.3) is 5.91 Å². The fraction of sp³-hybridized carbons (Fsp3) is 0.462. The molecule has 182 valence electrons. The molecule has 0 atom stereocenters. The third-order valence-electron chi connectivity index (χ3n) is 6.07. The number of amides is 1. The number of aryl methyl sites for hydroxylation is 2. The van der Waals surface area contributed by atoms with Crippen molar-refractivity contribution in [2.75, 3.05) is 44.3 Å². The molecule has 0 unspecified atom stereocenters. The second-order valence-corrected chi connectivity index (χ2v) is 10.6. The van der Waals surface area contributed by atoms with Crippen LogP contribution in [0.2, 0.25) is 5.02 Å². The van der Waals surface area contributed by atoms with Crippen LogP contribution in [0.1, 0.15) is 31.4 Å². The van der Waals surface area contributed by atoms with Crippen molar-refractivity contribution in [2.24, 2.45) is 0 Å². The zero-order valence-corrected chi connectivity index (χ0v) is 21.8. The number of ether oxygens (including phenoxy) is 2. The Morgan fingerprint density at radius 3 is 2.50 bits per heavy atom. The van der Waals surface area contributed by atoms with Gasteiger partial charge in [-0.15, -0.1) is 0 Å². The normalized spacial score (nSPS) is 15.0. The number of aromatic nitrogens is 1. The molecule has 0 spiro atoms. The van der Waals surface area contributed by atoms with Gasteiger partial charge in [0.2, 0.25) is 0 Å². The monoisotopic (exact) mass is 501 g/mol. The van der Waals surface area contributed by atoms with E-state index in [1.807, 2.05) is 13.8 Å². The van der Waals surface area contributed by atoms with E-state index >= 15 is 0 Å². The molecule has 1 amide bonds. The van der Waals surface area contributed by atoms with E-state index in [1.54, 1.807) is 40.5 Å². The number of hydrogen-bond acceptors (Lipinski definition) is 6. The van der Waals surface area contributed by atoms with E-state index in [0.29, 0.717) is 22.4 Å². The van der Waals surface area contributed by atoms with Crippen LogP contribution in [0.4, 0.5) is 5.13 Å². The molecular weight excluding hydrogens is 470 g/mol. The summed E-state index contributed by atoms with van der Waals surface area (Å²) < 4.78 is 12.7. The summed E-state index contributed by atoms with van der Waals surface area (Å²) in [5.74, 6) is 0.491. The first-order chi connectivity index (χ1) is 16.2. The standard InChI is InChI=1S/C26H32ClN3O3S/c1-18-6-7-19(2)23-22(18)28-25(34-23)30(13-5-12-29-14-16-32-17-15-29)24(31)26(3,4)33-21-10-8-20(27)9-11-21/h6-11H,5,12-17H2,1-4H3. The van der Waals surface area contributed by atoms with E-state index in [4.69, 9.17) is 26.1 Å². The van der Waals surface area contributed by atoms with E-state index in [9.17, 15) is 4.79 Å². The lowest BCUT2D eigenvalue weighted by molar-refractivity contribution is -0.131. The van der Waals surface area contributed by atoms with Crippen LogP contribution in [0.3, 0.4) is 0 Å². The van der Waals surface area contributed by atoms with Gasteiger partial charge in [0, 0.05) is 31.2 Å². The minimum Gasteiger partial charge on any atom is -0.478 e. The van der Waals surface area contributed by atoms with Crippen molar-refractivity contribution in [3.63, 3.8) is 0 Å². The summed E-state index contributed by atoms with van der Waals surface area (Å²) in [6.45, 7) is 12.6. The van der Waals surface area contributed by atoms with Crippen molar-refractivity contribution in [1.29, 1.82) is 0 Å². The molecule has 4 rings (SSSR count). The molecule has 3 aromatic rings. The summed E-state index contributed by atoms with van der Waals surface area (Å²) in [5, 5.41) is 1.34. The maximum atomic E-state index is 13.9. The Hall–Kier alpha value is -2.19. The highest BCUT2D eigenvalue weighted by Gasteiger charge is 2.36. The molecule has 2 heterocycles. The number of rotatable bonds is 8. The largest absolute Gasteiger partial charge is 0.478 e. The van der Waals surface area contributed by atoms with Gasteiger partial charge in [-0.25, -0.2) is 4.98 Å². The Balaban J connectivity index is 1.59. The Bertz CT molecular complexity index is 1100. The van der Waals surface area contributed by atoms with Crippen LogP contribution in [-0.4, -0.2) is 60.8 Å². The molecule has 1 fully saturated rings. The quantitative estimate of drug-likeness (QED) is 0.409. The predicted molar refractivity (Wildman–Crippen MR) is 139 cm³/mol. The molecule has 0 N–H and O–H groups in total. The zero-order valence-electron chi connectivity index (χ0n) is 20.3. The van der Waals surface area contributed by atoms with Crippen LogP contribution >= 0.6 is 22.9 Å². The predicted octanol–water partition coefficient (Wildman–Crippen LogP) is 5.48. The molecule has 0 radical (unpaired) electrons. The van der Waals surface area contributed by atoms with Crippen LogP contribution in [0.25, 0.3) is 10.2 Å². The van der Waals surface area contributed by atoms with Gasteiger partial charge in [-0.3, -0.25) is 14.6 Å². The van der Waals surface area contributed by atoms with E-state index < -0.39 is 5.60 Å². The number of morpholine rings is 1. The van der Waals surface area contributed by atoms with Crippen molar-refractivity contribution in [3.8, 4) is 5.75 Å². The van der Waals surface area contributed by atoms with Crippen LogP contribution in [0.5, 0.6) is 5.75 Å². The Labute approximate surface area is 210 Å². The highest BCUT2D eigenvalue weighted by molar-refractivity contribution is 7.22. The summed E-state index contributed by atoms with van der Waals surface area (Å²) in [5.41, 5.74) is 2.17. The van der Waals surface area contributed by atoms with Gasteiger partial charge in [-0.05, 0) is 69.5 Å². The number of nitrogens with zero attached hydrogens (tertiary/aromatic N) is 3. The van der Waals surface area contributed by atoms with Gasteiger partial charge in [0.05, 0.1) is 23.4 Å². The maximum Gasteiger partial charge on any atom is 0.272 e. The lowest BCUT2D eigenvalue weighted by Gasteiger charge is -2.32. The minimum atomic E-state index is -1.07. The summed E-state index contributed by atoms with van der Waals surface area (Å²) in [6, 6.07) is 11.3. The summed E-state index contributed by atoms with van der Waals surface area (Å²) in [7, 11) is 0. The molecule has 0 aliphatic carbocycles. The van der Waals surface area contributed by atoms with E-state index in [0.717, 1.165) is 55.0 Å². The lowest BCUT2D eigenvalue weighted by atomic mass is 10.1. The van der Waals surface area contributed by atoms with Crippen LogP contribution in [0.15, 0.2) is 36.4 Å². The first-order valence-corrected chi connectivity index (χ1v) is 12.9. The minimum absolute atomic E-state index is 0.112. The molecule has 2 aromatic carbocycles. The first-order valence-electron chi connectivity index (χ1n) is 11.7. The number of benzene rings is 2. The molecule has 6 nitrogen and oxygen atoms in total. The number of hydrogen-bond donors (Lipinski definition) is 0. The molecule has 8 heteroatoms. The smallest absolute Gasteiger partial charge is 0.272 e. The number of fused-ring (bicyclic) bond motifs is 1. The number of carbonyl (C=O) groups excluding carboxylic acids is 1. The number of thiazole rings is 1. The number of anilines is 1. The number of carbonyl (C=O) groups is 1. The van der Waals surface area contributed by atoms with Gasteiger partial charge in [0.1, 0.15) is 5.75 Å². The van der Waals surface area contributed by atoms with Crippen LogP contribution in [-0.2, 0) is 9.53 Å². The molecule has 0 bridgehead atoms. The van der Waals surface area contributed by atoms with Crippen molar-refractivity contribution < 1.29 is 14.3 Å². The van der Waals surface area contributed by atoms with Gasteiger partial charge in [-0.2, -0.15) is 0 Å². The molecular formula is C26H32ClN3O3S. The molecule has 0 saturated carbocycles. The lowest BCUT2D eigenvalue weighted by Crippen LogP contribution is -2.50. The molecule has 1 aliphatic heterocycles. The van der Waals surface area contributed by atoms with Crippen LogP contribution in [0, 0.1) is 13.8 Å². The highest BCUT2D eigenvalue weighted by atomic mass is 35.5. The van der Waals surface area contributed by atoms with Crippen LogP contribution < -0.4 is 9.64 Å². The van der Waals surface area contributed by atoms with E-state index in [2.05, 4.69) is 30.9 Å². The Morgan fingerprint density at radius 1 is 1.15 bits per heavy atom. The van der Waals surface area contributed by atoms with Gasteiger partial charge in [0.15, 0.2) is 10.7 Å². The zero-order chi connectivity index (χ0) is 24.3. The third kappa shape index (κ3) is 5.71. The average Bonchev–Trinajstić information content (AvgIpc) is 3.27. The average molecular weight is 502 g/mol. The molecule has 34 heavy (non-hydrogen) atoms. The summed E-state index contributed by atoms with van der Waals surface area (Å²) in [6.07, 6.45) is 0.844. The summed E-state index contributed by atoms with van der Waals surface area (Å²) in [4.78, 5) is 23.0. The Morgan fingerprint density at radius 2 is 1.82 bits per heavy atom. The van der Waals surface area contributed by atoms with Gasteiger partial charge < -0.3 is 9.47 Å². The maximum absolute atomic E-state index is 13.9. The van der Waals surface area contributed by atoms with Crippen molar-refractivity contribution in [2.45, 2.75) is 39.7 Å². The SMILES string of the molecule is Cc1ccc(C)c2sc(N(CCCN3CCOCC3)C(=O)C(C)(C)Oc3ccc(Cl)cc3)nc12. The van der Waals surface area contributed by atoms with Gasteiger partial charge >= 0.3 is 0 Å². The van der Waals surface area contributed by atoms with E-state index in [1.165, 1.54) is 5.56 Å². The van der Waals surface area contributed by atoms with Crippen molar-refractivity contribution in [1.82, 2.24) is 9.88 Å².